The molecule has 4 heteroatoms. The van der Waals surface area contributed by atoms with E-state index in [4.69, 9.17) is 11.6 Å². The second-order valence-corrected chi connectivity index (χ2v) is 5.53. The van der Waals surface area contributed by atoms with Gasteiger partial charge in [0.1, 0.15) is 6.10 Å². The fraction of sp³-hybridized carbons (Fsp3) is 0.200. The third-order valence-electron chi connectivity index (χ3n) is 2.00. The zero-order valence-corrected chi connectivity index (χ0v) is 9.92. The summed E-state index contributed by atoms with van der Waals surface area (Å²) in [6.07, 6.45) is -0.530. The van der Waals surface area contributed by atoms with E-state index in [9.17, 15) is 5.11 Å². The molecule has 0 radical (unpaired) electrons. The topological polar surface area (TPSA) is 20.2 Å². The monoisotopic (exact) mass is 244 g/mol. The summed E-state index contributed by atoms with van der Waals surface area (Å²) in [6.45, 7) is 1.95. The molecule has 0 saturated carbocycles. The van der Waals surface area contributed by atoms with E-state index in [1.54, 1.807) is 11.3 Å². The molecule has 1 atom stereocenters. The number of hydrogen-bond acceptors (Lipinski definition) is 3. The molecule has 1 nitrogen and oxygen atoms in total. The van der Waals surface area contributed by atoms with Gasteiger partial charge >= 0.3 is 0 Å². The summed E-state index contributed by atoms with van der Waals surface area (Å²) in [5.74, 6) is 0. The van der Waals surface area contributed by atoms with Gasteiger partial charge in [-0.3, -0.25) is 0 Å². The Morgan fingerprint density at radius 2 is 2.29 bits per heavy atom. The van der Waals surface area contributed by atoms with Crippen LogP contribution in [0, 0.1) is 6.92 Å². The van der Waals surface area contributed by atoms with Crippen LogP contribution < -0.4 is 0 Å². The predicted molar refractivity (Wildman–Crippen MR) is 62.4 cm³/mol. The molecule has 0 spiro atoms. The summed E-state index contributed by atoms with van der Waals surface area (Å²) in [5.41, 5.74) is 1.97. The van der Waals surface area contributed by atoms with E-state index in [0.717, 1.165) is 20.3 Å². The van der Waals surface area contributed by atoms with E-state index in [1.807, 2.05) is 29.8 Å². The molecule has 1 unspecified atom stereocenters. The van der Waals surface area contributed by atoms with Crippen molar-refractivity contribution in [3.05, 3.63) is 43.2 Å². The molecule has 0 aromatic carbocycles. The highest BCUT2D eigenvalue weighted by Crippen LogP contribution is 2.34. The third-order valence-corrected chi connectivity index (χ3v) is 4.31. The fourth-order valence-corrected chi connectivity index (χ4v) is 3.12. The maximum absolute atomic E-state index is 9.98. The van der Waals surface area contributed by atoms with E-state index in [2.05, 4.69) is 0 Å². The predicted octanol–water partition coefficient (Wildman–Crippen LogP) is 3.85. The van der Waals surface area contributed by atoms with Crippen LogP contribution in [0.15, 0.2) is 22.9 Å². The lowest BCUT2D eigenvalue weighted by molar-refractivity contribution is 0.224. The summed E-state index contributed by atoms with van der Waals surface area (Å²) >= 11 is 8.97. The van der Waals surface area contributed by atoms with Crippen molar-refractivity contribution >= 4 is 34.3 Å². The first kappa shape index (κ1) is 10.2. The van der Waals surface area contributed by atoms with Crippen molar-refractivity contribution in [3.63, 3.8) is 0 Å². The maximum atomic E-state index is 9.98. The Morgan fingerprint density at radius 1 is 1.50 bits per heavy atom. The molecule has 0 fully saturated rings. The van der Waals surface area contributed by atoms with E-state index in [0.29, 0.717) is 0 Å². The summed E-state index contributed by atoms with van der Waals surface area (Å²) < 4.78 is 0.759. The smallest absolute Gasteiger partial charge is 0.114 e. The number of thiophene rings is 2. The minimum absolute atomic E-state index is 0.530. The van der Waals surface area contributed by atoms with Crippen molar-refractivity contribution in [1.29, 1.82) is 0 Å². The molecule has 0 aliphatic carbocycles. The molecule has 0 bridgehead atoms. The molecule has 0 amide bonds. The van der Waals surface area contributed by atoms with Gasteiger partial charge in [0.2, 0.25) is 0 Å². The Morgan fingerprint density at radius 3 is 2.79 bits per heavy atom. The van der Waals surface area contributed by atoms with Crippen LogP contribution in [-0.2, 0) is 0 Å². The summed E-state index contributed by atoms with van der Waals surface area (Å²) in [5, 5.41) is 13.9. The van der Waals surface area contributed by atoms with Crippen LogP contribution in [0.5, 0.6) is 0 Å². The normalized spacial score (nSPS) is 13.1. The van der Waals surface area contributed by atoms with Crippen molar-refractivity contribution < 1.29 is 5.11 Å². The van der Waals surface area contributed by atoms with Gasteiger partial charge in [-0.15, -0.1) is 11.3 Å². The highest BCUT2D eigenvalue weighted by atomic mass is 35.5. The van der Waals surface area contributed by atoms with Crippen LogP contribution in [0.2, 0.25) is 4.34 Å². The van der Waals surface area contributed by atoms with Gasteiger partial charge in [-0.05, 0) is 40.9 Å². The van der Waals surface area contributed by atoms with Crippen LogP contribution >= 0.6 is 34.3 Å². The van der Waals surface area contributed by atoms with Crippen LogP contribution in [-0.4, -0.2) is 5.11 Å². The van der Waals surface area contributed by atoms with Crippen molar-refractivity contribution in [2.75, 3.05) is 0 Å². The molecule has 1 N–H and O–H groups in total. The number of aliphatic hydroxyl groups is 1. The Kier molecular flexibility index (Phi) is 2.93. The zero-order chi connectivity index (χ0) is 10.1. The molecule has 14 heavy (non-hydrogen) atoms. The van der Waals surface area contributed by atoms with E-state index in [1.165, 1.54) is 11.3 Å². The van der Waals surface area contributed by atoms with Crippen LogP contribution in [0.3, 0.4) is 0 Å². The van der Waals surface area contributed by atoms with Crippen molar-refractivity contribution in [1.82, 2.24) is 0 Å². The molecule has 2 aromatic rings. The van der Waals surface area contributed by atoms with Crippen LogP contribution in [0.1, 0.15) is 22.1 Å². The van der Waals surface area contributed by atoms with E-state index >= 15 is 0 Å². The van der Waals surface area contributed by atoms with Gasteiger partial charge in [-0.25, -0.2) is 0 Å². The average Bonchev–Trinajstić information content (AvgIpc) is 2.76. The lowest BCUT2D eigenvalue weighted by Gasteiger charge is -2.04. The number of hydrogen-bond donors (Lipinski definition) is 1. The maximum Gasteiger partial charge on any atom is 0.114 e. The molecule has 0 saturated heterocycles. The van der Waals surface area contributed by atoms with Gasteiger partial charge < -0.3 is 5.11 Å². The number of halogens is 1. The second-order valence-electron chi connectivity index (χ2n) is 3.06. The van der Waals surface area contributed by atoms with Gasteiger partial charge in [0.05, 0.1) is 4.34 Å². The largest absolute Gasteiger partial charge is 0.383 e. The summed E-state index contributed by atoms with van der Waals surface area (Å²) in [4.78, 5) is 0.908. The first-order valence-electron chi connectivity index (χ1n) is 4.14. The first-order chi connectivity index (χ1) is 6.68. The van der Waals surface area contributed by atoms with Gasteiger partial charge in [-0.2, -0.15) is 11.3 Å². The minimum Gasteiger partial charge on any atom is -0.383 e. The molecule has 0 aliphatic rings. The van der Waals surface area contributed by atoms with Crippen LogP contribution in [0.4, 0.5) is 0 Å². The van der Waals surface area contributed by atoms with E-state index < -0.39 is 6.10 Å². The molecular formula is C10H9ClOS2. The SMILES string of the molecule is Cc1cc(C(O)c2ccsc2)sc1Cl. The molecule has 2 heterocycles. The molecule has 2 aromatic heterocycles. The zero-order valence-electron chi connectivity index (χ0n) is 7.53. The Labute approximate surface area is 95.6 Å². The minimum atomic E-state index is -0.530. The lowest BCUT2D eigenvalue weighted by atomic mass is 10.1. The Hall–Kier alpha value is -0.350. The molecule has 2 rings (SSSR count). The summed E-state index contributed by atoms with van der Waals surface area (Å²) in [6, 6.07) is 3.87. The quantitative estimate of drug-likeness (QED) is 0.851. The Bertz CT molecular complexity index is 400. The molecule has 74 valence electrons. The number of aryl methyl sites for hydroxylation is 1. The van der Waals surface area contributed by atoms with Crippen LogP contribution in [0.25, 0.3) is 0 Å². The average molecular weight is 245 g/mol. The first-order valence-corrected chi connectivity index (χ1v) is 6.28. The van der Waals surface area contributed by atoms with Crippen molar-refractivity contribution in [2.45, 2.75) is 13.0 Å². The Balaban J connectivity index is 2.32. The second kappa shape index (κ2) is 4.03. The number of aliphatic hydroxyl groups excluding tert-OH is 1. The molecule has 0 aliphatic heterocycles. The highest BCUT2D eigenvalue weighted by molar-refractivity contribution is 7.16. The highest BCUT2D eigenvalue weighted by Gasteiger charge is 2.14. The van der Waals surface area contributed by atoms with Gasteiger partial charge in [0.15, 0.2) is 0 Å². The van der Waals surface area contributed by atoms with Crippen molar-refractivity contribution in [3.8, 4) is 0 Å². The van der Waals surface area contributed by atoms with Crippen molar-refractivity contribution in [2.24, 2.45) is 0 Å². The fourth-order valence-electron chi connectivity index (χ4n) is 1.21. The summed E-state index contributed by atoms with van der Waals surface area (Å²) in [7, 11) is 0. The lowest BCUT2D eigenvalue weighted by Crippen LogP contribution is -1.93. The molecular weight excluding hydrogens is 236 g/mol. The standard InChI is InChI=1S/C10H9ClOS2/c1-6-4-8(14-10(6)11)9(12)7-2-3-13-5-7/h2-5,9,12H,1H3. The van der Waals surface area contributed by atoms with Gasteiger partial charge in [-0.1, -0.05) is 11.6 Å². The third kappa shape index (κ3) is 1.86. The van der Waals surface area contributed by atoms with Gasteiger partial charge in [0.25, 0.3) is 0 Å². The van der Waals surface area contributed by atoms with E-state index in [-0.39, 0.29) is 0 Å². The number of rotatable bonds is 2. The van der Waals surface area contributed by atoms with Gasteiger partial charge in [0, 0.05) is 4.88 Å².